The van der Waals surface area contributed by atoms with Gasteiger partial charge in [-0.25, -0.2) is 0 Å². The van der Waals surface area contributed by atoms with Gasteiger partial charge >= 0.3 is 0 Å². The van der Waals surface area contributed by atoms with E-state index in [1.54, 1.807) is 6.92 Å². The Morgan fingerprint density at radius 2 is 2.28 bits per heavy atom. The molecule has 1 amide bonds. The van der Waals surface area contributed by atoms with Crippen molar-refractivity contribution >= 4 is 11.6 Å². The van der Waals surface area contributed by atoms with E-state index in [1.165, 1.54) is 5.56 Å². The number of carbonyl (C=O) groups is 1. The lowest BCUT2D eigenvalue weighted by Gasteiger charge is -2.23. The van der Waals surface area contributed by atoms with Crippen molar-refractivity contribution in [1.29, 1.82) is 0 Å². The molecule has 0 bridgehead atoms. The van der Waals surface area contributed by atoms with Crippen molar-refractivity contribution in [2.45, 2.75) is 32.8 Å². The quantitative estimate of drug-likeness (QED) is 0.783. The molecule has 0 radical (unpaired) electrons. The van der Waals surface area contributed by atoms with Gasteiger partial charge in [0, 0.05) is 0 Å². The lowest BCUT2D eigenvalue weighted by atomic mass is 10.1. The van der Waals surface area contributed by atoms with Gasteiger partial charge in [-0.3, -0.25) is 4.79 Å². The van der Waals surface area contributed by atoms with Crippen LogP contribution in [0.25, 0.3) is 0 Å². The van der Waals surface area contributed by atoms with Gasteiger partial charge in [0.05, 0.1) is 5.69 Å². The van der Waals surface area contributed by atoms with Gasteiger partial charge in [-0.15, -0.1) is 0 Å². The van der Waals surface area contributed by atoms with Crippen LogP contribution in [0.2, 0.25) is 0 Å². The molecule has 1 aliphatic heterocycles. The summed E-state index contributed by atoms with van der Waals surface area (Å²) in [4.78, 5) is 11.5. The number of rotatable bonds is 5. The molecule has 4 nitrogen and oxygen atoms in total. The highest BCUT2D eigenvalue weighted by Crippen LogP contribution is 2.30. The van der Waals surface area contributed by atoms with Crippen molar-refractivity contribution in [2.75, 3.05) is 18.4 Å². The van der Waals surface area contributed by atoms with Crippen LogP contribution in [0.4, 0.5) is 5.69 Å². The van der Waals surface area contributed by atoms with Gasteiger partial charge in [-0.05, 0) is 50.6 Å². The maximum atomic E-state index is 11.5. The number of fused-ring (bicyclic) bond motifs is 1. The molecule has 1 heterocycles. The Morgan fingerprint density at radius 1 is 1.44 bits per heavy atom. The number of nitrogens with one attached hydrogen (secondary N) is 2. The third kappa shape index (κ3) is 3.01. The average molecular weight is 248 g/mol. The average Bonchev–Trinajstić information content (AvgIpc) is 2.36. The fourth-order valence-corrected chi connectivity index (χ4v) is 2.01. The van der Waals surface area contributed by atoms with E-state index in [9.17, 15) is 4.79 Å². The van der Waals surface area contributed by atoms with Crippen molar-refractivity contribution < 1.29 is 9.53 Å². The van der Waals surface area contributed by atoms with E-state index < -0.39 is 6.10 Å². The third-order valence-corrected chi connectivity index (χ3v) is 3.04. The summed E-state index contributed by atoms with van der Waals surface area (Å²) in [5.74, 6) is 0.685. The van der Waals surface area contributed by atoms with Crippen LogP contribution in [0.5, 0.6) is 5.75 Å². The fraction of sp³-hybridized carbons (Fsp3) is 0.500. The minimum absolute atomic E-state index is 0.0766. The predicted molar refractivity (Wildman–Crippen MR) is 72.0 cm³/mol. The molecule has 4 heteroatoms. The van der Waals surface area contributed by atoms with Crippen molar-refractivity contribution in [3.63, 3.8) is 0 Å². The molecule has 1 aromatic carbocycles. The summed E-state index contributed by atoms with van der Waals surface area (Å²) in [6.07, 6.45) is 1.70. The molecular formula is C14H20N2O2. The minimum atomic E-state index is -0.405. The minimum Gasteiger partial charge on any atom is -0.479 e. The fourth-order valence-electron chi connectivity index (χ4n) is 2.01. The molecule has 2 rings (SSSR count). The topological polar surface area (TPSA) is 50.4 Å². The van der Waals surface area contributed by atoms with E-state index in [4.69, 9.17) is 4.74 Å². The zero-order valence-electron chi connectivity index (χ0n) is 11.0. The first-order valence-corrected chi connectivity index (χ1v) is 6.52. The van der Waals surface area contributed by atoms with Crippen LogP contribution in [-0.2, 0) is 11.2 Å². The molecule has 0 fully saturated rings. The molecular weight excluding hydrogens is 228 g/mol. The molecule has 0 spiro atoms. The number of ether oxygens (including phenoxy) is 1. The van der Waals surface area contributed by atoms with Crippen LogP contribution >= 0.6 is 0 Å². The van der Waals surface area contributed by atoms with Crippen LogP contribution in [0.3, 0.4) is 0 Å². The van der Waals surface area contributed by atoms with E-state index in [1.807, 2.05) is 12.1 Å². The van der Waals surface area contributed by atoms with Gasteiger partial charge in [0.2, 0.25) is 0 Å². The first-order valence-electron chi connectivity index (χ1n) is 6.52. The summed E-state index contributed by atoms with van der Waals surface area (Å²) in [7, 11) is 0. The second-order valence-electron chi connectivity index (χ2n) is 4.54. The first kappa shape index (κ1) is 12.9. The van der Waals surface area contributed by atoms with Crippen molar-refractivity contribution in [3.8, 4) is 5.75 Å². The predicted octanol–water partition coefficient (Wildman–Crippen LogP) is 1.95. The number of benzene rings is 1. The molecule has 2 N–H and O–H groups in total. The van der Waals surface area contributed by atoms with Gasteiger partial charge in [0.1, 0.15) is 5.75 Å². The lowest BCUT2D eigenvalue weighted by Crippen LogP contribution is -2.34. The zero-order chi connectivity index (χ0) is 13.0. The highest BCUT2D eigenvalue weighted by molar-refractivity contribution is 5.97. The molecule has 0 aliphatic carbocycles. The maximum absolute atomic E-state index is 11.5. The molecule has 18 heavy (non-hydrogen) atoms. The van der Waals surface area contributed by atoms with Crippen molar-refractivity contribution in [3.05, 3.63) is 23.8 Å². The normalized spacial score (nSPS) is 17.9. The standard InChI is InChI=1S/C14H20N2O2/c1-3-15-8-4-5-11-6-7-13-12(9-11)16-14(17)10(2)18-13/h6-7,9-10,15H,3-5,8H2,1-2H3,(H,16,17). The Kier molecular flexibility index (Phi) is 4.20. The number of anilines is 1. The summed E-state index contributed by atoms with van der Waals surface area (Å²) in [5.41, 5.74) is 2.02. The van der Waals surface area contributed by atoms with E-state index >= 15 is 0 Å². The first-order chi connectivity index (χ1) is 8.70. The second-order valence-corrected chi connectivity index (χ2v) is 4.54. The highest BCUT2D eigenvalue weighted by Gasteiger charge is 2.23. The third-order valence-electron chi connectivity index (χ3n) is 3.04. The SMILES string of the molecule is CCNCCCc1ccc2c(c1)NC(=O)C(C)O2. The van der Waals surface area contributed by atoms with Crippen LogP contribution in [0.15, 0.2) is 18.2 Å². The number of hydrogen-bond donors (Lipinski definition) is 2. The molecule has 1 unspecified atom stereocenters. The maximum Gasteiger partial charge on any atom is 0.265 e. The van der Waals surface area contributed by atoms with Crippen LogP contribution in [0, 0.1) is 0 Å². The lowest BCUT2D eigenvalue weighted by molar-refractivity contribution is -0.122. The Bertz CT molecular complexity index is 432. The van der Waals surface area contributed by atoms with Crippen molar-refractivity contribution in [1.82, 2.24) is 5.32 Å². The monoisotopic (exact) mass is 248 g/mol. The summed E-state index contributed by atoms with van der Waals surface area (Å²) in [5, 5.41) is 6.17. The van der Waals surface area contributed by atoms with Crippen LogP contribution in [-0.4, -0.2) is 25.1 Å². The van der Waals surface area contributed by atoms with E-state index in [2.05, 4.69) is 23.6 Å². The molecule has 98 valence electrons. The highest BCUT2D eigenvalue weighted by atomic mass is 16.5. The number of aryl methyl sites for hydroxylation is 1. The van der Waals surface area contributed by atoms with Gasteiger partial charge < -0.3 is 15.4 Å². The summed E-state index contributed by atoms with van der Waals surface area (Å²) >= 11 is 0. The van der Waals surface area contributed by atoms with Crippen LogP contribution in [0.1, 0.15) is 25.8 Å². The number of amides is 1. The summed E-state index contributed by atoms with van der Waals surface area (Å²) in [6, 6.07) is 6.01. The van der Waals surface area contributed by atoms with E-state index in [-0.39, 0.29) is 5.91 Å². The van der Waals surface area contributed by atoms with Gasteiger partial charge in [-0.2, -0.15) is 0 Å². The van der Waals surface area contributed by atoms with E-state index in [0.29, 0.717) is 0 Å². The molecule has 1 aliphatic rings. The summed E-state index contributed by atoms with van der Waals surface area (Å²) < 4.78 is 5.52. The number of hydrogen-bond acceptors (Lipinski definition) is 3. The molecule has 0 saturated heterocycles. The molecule has 0 aromatic heterocycles. The molecule has 1 atom stereocenters. The Balaban J connectivity index is 1.99. The van der Waals surface area contributed by atoms with Crippen LogP contribution < -0.4 is 15.4 Å². The van der Waals surface area contributed by atoms with Crippen molar-refractivity contribution in [2.24, 2.45) is 0 Å². The summed E-state index contributed by atoms with van der Waals surface area (Å²) in [6.45, 7) is 5.88. The number of carbonyl (C=O) groups excluding carboxylic acids is 1. The molecule has 1 aromatic rings. The van der Waals surface area contributed by atoms with E-state index in [0.717, 1.165) is 37.4 Å². The van der Waals surface area contributed by atoms with Gasteiger partial charge in [0.15, 0.2) is 6.10 Å². The molecule has 0 saturated carbocycles. The Morgan fingerprint density at radius 3 is 3.06 bits per heavy atom. The zero-order valence-corrected chi connectivity index (χ0v) is 11.0. The smallest absolute Gasteiger partial charge is 0.265 e. The Hall–Kier alpha value is -1.55. The van der Waals surface area contributed by atoms with Gasteiger partial charge in [0.25, 0.3) is 5.91 Å². The largest absolute Gasteiger partial charge is 0.479 e. The Labute approximate surface area is 108 Å². The second kappa shape index (κ2) is 5.87. The van der Waals surface area contributed by atoms with Gasteiger partial charge in [-0.1, -0.05) is 13.0 Å².